The van der Waals surface area contributed by atoms with E-state index in [4.69, 9.17) is 1.38 Å². The molecule has 0 aliphatic heterocycles. The maximum absolute atomic E-state index is 8.22. The fourth-order valence-electron chi connectivity index (χ4n) is 0. The summed E-state index contributed by atoms with van der Waals surface area (Å²) in [5, 5.41) is 0. The van der Waals surface area contributed by atoms with Gasteiger partial charge in [0.2, 0.25) is 0 Å². The molecule has 0 fully saturated rings. The molecule has 4 heteroatoms. The van der Waals surface area contributed by atoms with Gasteiger partial charge in [-0.3, -0.25) is 0 Å². The van der Waals surface area contributed by atoms with Gasteiger partial charge in [0.15, 0.2) is 0 Å². The summed E-state index contributed by atoms with van der Waals surface area (Å²) in [7, 11) is 0. The van der Waals surface area contributed by atoms with Gasteiger partial charge in [0.25, 0.3) is 0 Å². The molecule has 0 radical (unpaired) electrons. The Bertz CT molecular complexity index is 6.00. The quantitative estimate of drug-likeness (QED) is 0.495. The molecule has 0 unspecified atom stereocenters. The first-order chi connectivity index (χ1) is 1.00. The normalized spacial score (nSPS) is 1.50. The molecular formula is H2DyMgO2. The average Bonchev–Trinajstić information content (AvgIpc) is 1.00. The first kappa shape index (κ1) is 17.0. The molecule has 0 aromatic carbocycles. The average molecular weight is 221 g/mol. The van der Waals surface area contributed by atoms with Crippen molar-refractivity contribution in [2.45, 2.75) is 0 Å². The van der Waals surface area contributed by atoms with Crippen LogP contribution in [0.4, 0.5) is 0 Å². The summed E-state index contributed by atoms with van der Waals surface area (Å²) >= 11 is 0.889. The second kappa shape index (κ2) is 21.4. The van der Waals surface area contributed by atoms with Gasteiger partial charge in [-0.15, -0.1) is 0 Å². The zero-order valence-corrected chi connectivity index (χ0v) is 6.20. The summed E-state index contributed by atoms with van der Waals surface area (Å²) in [5.41, 5.74) is 0. The summed E-state index contributed by atoms with van der Waals surface area (Å²) in [6.07, 6.45) is 0. The fourth-order valence-corrected chi connectivity index (χ4v) is 0. The minimum absolute atomic E-state index is 0. The van der Waals surface area contributed by atoms with Gasteiger partial charge in [0.05, 0.1) is 0 Å². The topological polar surface area (TPSA) is 47.1 Å². The Hall–Kier alpha value is 1.80. The Morgan fingerprint density at radius 2 is 1.25 bits per heavy atom. The van der Waals surface area contributed by atoms with Crippen LogP contribution in [0.15, 0.2) is 0 Å². The Labute approximate surface area is 65.2 Å². The van der Waals surface area contributed by atoms with Crippen LogP contribution in [0.2, 0.25) is 0 Å². The van der Waals surface area contributed by atoms with E-state index >= 15 is 0 Å². The van der Waals surface area contributed by atoms with Gasteiger partial charge >= 0.3 is 60.7 Å². The van der Waals surface area contributed by atoms with Crippen molar-refractivity contribution in [2.75, 3.05) is 0 Å². The minimum atomic E-state index is 0. The van der Waals surface area contributed by atoms with Gasteiger partial charge in [0.1, 0.15) is 0 Å². The molecule has 4 heavy (non-hydrogen) atoms. The summed E-state index contributed by atoms with van der Waals surface area (Å²) in [6.45, 7) is 0. The molecule has 0 spiro atoms. The second-order valence-corrected chi connectivity index (χ2v) is 0. The fraction of sp³-hybridized carbons (Fsp3) is 0. The van der Waals surface area contributed by atoms with E-state index in [1.165, 1.54) is 0 Å². The Morgan fingerprint density at radius 1 is 1.25 bits per heavy atom. The Balaban J connectivity index is -0.00000000500. The van der Waals surface area contributed by atoms with Crippen LogP contribution in [-0.2, 0) is 1.38 Å². The molecule has 0 rings (SSSR count). The van der Waals surface area contributed by atoms with E-state index in [0.29, 0.717) is 0 Å². The van der Waals surface area contributed by atoms with Crippen molar-refractivity contribution in [1.29, 1.82) is 0 Å². The third-order valence-corrected chi connectivity index (χ3v) is 0. The van der Waals surface area contributed by atoms with Crippen LogP contribution in [0.3, 0.4) is 0 Å². The predicted molar refractivity (Wildman–Crippen MR) is 9.77 cm³/mol. The predicted octanol–water partition coefficient (Wildman–Crippen LogP) is -0.944. The number of hydrogen-bond acceptors (Lipinski definition) is 2. The molecule has 0 amide bonds. The van der Waals surface area contributed by atoms with E-state index in [-0.39, 0.29) is 28.5 Å². The molecular weight excluding hydrogens is 219 g/mol. The maximum atomic E-state index is 8.22. The molecule has 0 saturated carbocycles. The van der Waals surface area contributed by atoms with Gasteiger partial charge in [0, 0.05) is 0 Å². The van der Waals surface area contributed by atoms with Crippen molar-refractivity contribution < 1.29 is 43.2 Å². The Morgan fingerprint density at radius 3 is 1.25 bits per heavy atom. The first-order valence-electron chi connectivity index (χ1n) is 0.129. The van der Waals surface area contributed by atoms with E-state index in [2.05, 4.69) is 0 Å². The van der Waals surface area contributed by atoms with Crippen molar-refractivity contribution in [3.05, 3.63) is 0 Å². The summed E-state index contributed by atoms with van der Waals surface area (Å²) in [5.74, 6) is 0. The van der Waals surface area contributed by atoms with E-state index in [0.717, 1.165) is 36.3 Å². The molecule has 0 aliphatic rings. The molecule has 0 saturated heterocycles. The Kier molecular flexibility index (Phi) is 91.2. The number of rotatable bonds is 0. The van der Waals surface area contributed by atoms with Gasteiger partial charge < -0.3 is 5.48 Å². The van der Waals surface area contributed by atoms with Gasteiger partial charge in [-0.2, -0.15) is 0 Å². The van der Waals surface area contributed by atoms with Gasteiger partial charge in [-0.25, -0.2) is 0 Å². The molecule has 2 nitrogen and oxygen atoms in total. The molecule has 0 aromatic heterocycles. The third kappa shape index (κ3) is 9.20. The van der Waals surface area contributed by atoms with E-state index in [9.17, 15) is 0 Å². The molecule has 0 atom stereocenters. The van der Waals surface area contributed by atoms with Gasteiger partial charge in [-0.05, 0) is 0 Å². The molecule has 0 heterocycles. The van der Waals surface area contributed by atoms with Crippen molar-refractivity contribution in [3.8, 4) is 0 Å². The van der Waals surface area contributed by atoms with Crippen LogP contribution in [0.5, 0.6) is 0 Å². The zero-order valence-electron chi connectivity index (χ0n) is 2.17. The van der Waals surface area contributed by atoms with Crippen LogP contribution < -0.4 is 0 Å². The molecule has 1 N–H and O–H groups in total. The van der Waals surface area contributed by atoms with Crippen LogP contribution in [0.25, 0.3) is 0 Å². The molecule has 0 aromatic rings. The molecule has 26 valence electrons. The number of hydrogen-bond donors (Lipinski definition) is 0. The zero-order chi connectivity index (χ0) is 2.00. The van der Waals surface area contributed by atoms with Crippen LogP contribution >= 0.6 is 0 Å². The summed E-state index contributed by atoms with van der Waals surface area (Å²) in [6, 6.07) is 0. The SMILES string of the molecule is [MgH+].[OH-].[O]=[Dy]. The van der Waals surface area contributed by atoms with Gasteiger partial charge in [-0.1, -0.05) is 0 Å². The summed E-state index contributed by atoms with van der Waals surface area (Å²) in [4.78, 5) is 0. The summed E-state index contributed by atoms with van der Waals surface area (Å²) < 4.78 is 8.22. The van der Waals surface area contributed by atoms with Crippen molar-refractivity contribution in [3.63, 3.8) is 0 Å². The van der Waals surface area contributed by atoms with Crippen molar-refractivity contribution in [2.24, 2.45) is 0 Å². The van der Waals surface area contributed by atoms with Crippen LogP contribution in [0.1, 0.15) is 0 Å². The molecule has 0 aliphatic carbocycles. The monoisotopic (exact) mass is 222 g/mol. The van der Waals surface area contributed by atoms with Crippen molar-refractivity contribution in [1.82, 2.24) is 0 Å². The van der Waals surface area contributed by atoms with Crippen LogP contribution in [0, 0.1) is 36.3 Å². The van der Waals surface area contributed by atoms with Crippen LogP contribution in [-0.4, -0.2) is 28.5 Å². The van der Waals surface area contributed by atoms with Crippen molar-refractivity contribution >= 4 is 23.1 Å². The van der Waals surface area contributed by atoms with E-state index in [1.807, 2.05) is 0 Å². The van der Waals surface area contributed by atoms with E-state index < -0.39 is 0 Å². The first-order valence-corrected chi connectivity index (χ1v) is 0.957. The van der Waals surface area contributed by atoms with E-state index in [1.54, 1.807) is 0 Å². The standard InChI is InChI=1S/Dy.Mg.H2O.O.H/h;;1H2;;/q;+1;;;/p-1. The second-order valence-electron chi connectivity index (χ2n) is 0. The molecule has 0 bridgehead atoms. The third-order valence-electron chi connectivity index (χ3n) is 0.